The topological polar surface area (TPSA) is 153 Å². The number of nitrogens with one attached hydrogen (secondary N) is 5. The van der Waals surface area contributed by atoms with E-state index in [1.165, 1.54) is 48.9 Å². The summed E-state index contributed by atoms with van der Waals surface area (Å²) < 4.78 is 11.2. The normalized spacial score (nSPS) is 14.7. The van der Waals surface area contributed by atoms with Gasteiger partial charge < -0.3 is 35.8 Å². The number of hydrogen-bond donors (Lipinski definition) is 6. The van der Waals surface area contributed by atoms with E-state index in [1.807, 2.05) is 18.2 Å². The van der Waals surface area contributed by atoms with Crippen molar-refractivity contribution in [2.45, 2.75) is 44.9 Å². The number of hydrogen-bond acceptors (Lipinski definition) is 8. The Kier molecular flexibility index (Phi) is 15.5. The highest BCUT2D eigenvalue weighted by molar-refractivity contribution is 6.06. The van der Waals surface area contributed by atoms with Crippen LogP contribution in [0.15, 0.2) is 99.4 Å². The Hall–Kier alpha value is -5.20. The van der Waals surface area contributed by atoms with Gasteiger partial charge in [0.2, 0.25) is 11.9 Å². The molecule has 0 aliphatic heterocycles. The third kappa shape index (κ3) is 13.5. The van der Waals surface area contributed by atoms with E-state index in [0.717, 1.165) is 36.7 Å². The SMILES string of the molecule is C=NC(=NCCOCCOCCNC(=O)c1ccccc1)N/C(=N\CNc1ccc(O)cc1)Nc1ccc(C(NCC2CCCCC2)=C2CC2)cc1. The van der Waals surface area contributed by atoms with E-state index >= 15 is 0 Å². The van der Waals surface area contributed by atoms with Crippen LogP contribution in [-0.2, 0) is 9.47 Å². The smallest absolute Gasteiger partial charge is 0.251 e. The number of carbonyl (C=O) groups is 1. The molecule has 3 aromatic carbocycles. The number of aromatic hydroxyl groups is 1. The van der Waals surface area contributed by atoms with E-state index in [-0.39, 0.29) is 18.3 Å². The van der Waals surface area contributed by atoms with Gasteiger partial charge in [-0.25, -0.2) is 15.0 Å². The van der Waals surface area contributed by atoms with Crippen molar-refractivity contribution >= 4 is 41.6 Å². The highest BCUT2D eigenvalue weighted by atomic mass is 16.5. The van der Waals surface area contributed by atoms with Gasteiger partial charge in [0.05, 0.1) is 33.0 Å². The molecular weight excluding hydrogens is 656 g/mol. The fourth-order valence-corrected chi connectivity index (χ4v) is 5.84. The number of phenols is 1. The first-order valence-electron chi connectivity index (χ1n) is 18.2. The molecule has 2 saturated carbocycles. The summed E-state index contributed by atoms with van der Waals surface area (Å²) in [5.41, 5.74) is 6.29. The van der Waals surface area contributed by atoms with Crippen molar-refractivity contribution in [2.75, 3.05) is 63.4 Å². The van der Waals surface area contributed by atoms with Crippen LogP contribution in [0.4, 0.5) is 11.4 Å². The maximum atomic E-state index is 12.1. The van der Waals surface area contributed by atoms with Crippen molar-refractivity contribution in [3.63, 3.8) is 0 Å². The van der Waals surface area contributed by atoms with E-state index in [2.05, 4.69) is 72.5 Å². The molecule has 0 saturated heterocycles. The van der Waals surface area contributed by atoms with Gasteiger partial charge in [0.25, 0.3) is 5.91 Å². The molecule has 5 rings (SSSR count). The molecule has 12 heteroatoms. The molecule has 0 bridgehead atoms. The van der Waals surface area contributed by atoms with Gasteiger partial charge >= 0.3 is 0 Å². The number of amides is 1. The zero-order valence-corrected chi connectivity index (χ0v) is 29.9. The van der Waals surface area contributed by atoms with Crippen LogP contribution in [-0.4, -0.2) is 82.4 Å². The van der Waals surface area contributed by atoms with Crippen molar-refractivity contribution in [2.24, 2.45) is 20.9 Å². The minimum atomic E-state index is -0.124. The molecule has 0 heterocycles. The van der Waals surface area contributed by atoms with E-state index in [0.29, 0.717) is 57.0 Å². The van der Waals surface area contributed by atoms with Gasteiger partial charge in [-0.15, -0.1) is 0 Å². The van der Waals surface area contributed by atoms with Gasteiger partial charge in [0.1, 0.15) is 12.4 Å². The summed E-state index contributed by atoms with van der Waals surface area (Å²) in [5.74, 6) is 1.58. The lowest BCUT2D eigenvalue weighted by molar-refractivity contribution is 0.0512. The summed E-state index contributed by atoms with van der Waals surface area (Å²) in [4.78, 5) is 25.3. The van der Waals surface area contributed by atoms with Gasteiger partial charge in [-0.05, 0) is 98.0 Å². The zero-order valence-electron chi connectivity index (χ0n) is 29.9. The Balaban J connectivity index is 1.09. The number of phenolic OH excluding ortho intramolecular Hbond substituents is 1. The second-order valence-electron chi connectivity index (χ2n) is 12.8. The van der Waals surface area contributed by atoms with Crippen LogP contribution < -0.4 is 26.6 Å². The average Bonchev–Trinajstić information content (AvgIpc) is 4.03. The predicted octanol–water partition coefficient (Wildman–Crippen LogP) is 6.01. The number of benzene rings is 3. The van der Waals surface area contributed by atoms with E-state index in [1.54, 1.807) is 36.4 Å². The molecule has 12 nitrogen and oxygen atoms in total. The number of ether oxygens (including phenoxy) is 2. The van der Waals surface area contributed by atoms with Gasteiger partial charge in [-0.1, -0.05) is 49.6 Å². The van der Waals surface area contributed by atoms with Crippen LogP contribution in [0.2, 0.25) is 0 Å². The summed E-state index contributed by atoms with van der Waals surface area (Å²) in [7, 11) is 0. The number of nitrogens with zero attached hydrogens (tertiary/aromatic N) is 3. The van der Waals surface area contributed by atoms with Crippen molar-refractivity contribution in [1.29, 1.82) is 0 Å². The third-order valence-electron chi connectivity index (χ3n) is 8.79. The summed E-state index contributed by atoms with van der Waals surface area (Å²) >= 11 is 0. The van der Waals surface area contributed by atoms with Gasteiger partial charge in [0, 0.05) is 35.7 Å². The first kappa shape index (κ1) is 38.0. The van der Waals surface area contributed by atoms with E-state index < -0.39 is 0 Å². The standard InChI is InChI=1S/C40H52N8O4/c1-41-39(43-23-25-52-27-26-51-24-22-42-38(50)33-10-6-3-7-11-33)48-40(46-29-45-34-18-20-36(49)21-19-34)47-35-16-14-32(15-17-35)37(31-12-13-31)44-28-30-8-4-2-5-9-30/h3,6-7,10-11,14-21,30,44-45,49H,1-2,4-5,8-9,12-13,22-29H2,(H,42,50)(H2,43,46,47,48). The van der Waals surface area contributed by atoms with E-state index in [4.69, 9.17) is 9.47 Å². The molecule has 3 aromatic rings. The van der Waals surface area contributed by atoms with Gasteiger partial charge in [-0.2, -0.15) is 0 Å². The van der Waals surface area contributed by atoms with Crippen LogP contribution in [0.5, 0.6) is 5.75 Å². The van der Waals surface area contributed by atoms with Crippen molar-refractivity contribution in [1.82, 2.24) is 16.0 Å². The van der Waals surface area contributed by atoms with Crippen LogP contribution >= 0.6 is 0 Å². The lowest BCUT2D eigenvalue weighted by atomic mass is 9.89. The molecule has 0 unspecified atom stereocenters. The fraction of sp³-hybridized carbons (Fsp3) is 0.400. The lowest BCUT2D eigenvalue weighted by Crippen LogP contribution is -2.36. The largest absolute Gasteiger partial charge is 0.508 e. The van der Waals surface area contributed by atoms with Crippen LogP contribution in [0, 0.1) is 5.92 Å². The highest BCUT2D eigenvalue weighted by Crippen LogP contribution is 2.36. The first-order valence-corrected chi connectivity index (χ1v) is 18.2. The average molecular weight is 709 g/mol. The van der Waals surface area contributed by atoms with Crippen LogP contribution in [0.25, 0.3) is 5.70 Å². The molecule has 0 spiro atoms. The van der Waals surface area contributed by atoms with Crippen molar-refractivity contribution in [3.8, 4) is 5.75 Å². The van der Waals surface area contributed by atoms with Gasteiger partial charge in [-0.3, -0.25) is 10.1 Å². The molecule has 2 aliphatic rings. The Morgan fingerprint density at radius 3 is 2.21 bits per heavy atom. The van der Waals surface area contributed by atoms with Crippen LogP contribution in [0.3, 0.4) is 0 Å². The summed E-state index contributed by atoms with van der Waals surface area (Å²) in [6.07, 6.45) is 9.02. The molecule has 2 fully saturated rings. The number of rotatable bonds is 18. The zero-order chi connectivity index (χ0) is 36.2. The molecule has 2 aliphatic carbocycles. The Morgan fingerprint density at radius 2 is 1.50 bits per heavy atom. The number of guanidine groups is 2. The monoisotopic (exact) mass is 708 g/mol. The Bertz CT molecular complexity index is 1630. The number of anilines is 2. The number of aliphatic imine (C=N–C) groups is 3. The minimum Gasteiger partial charge on any atom is -0.508 e. The molecule has 276 valence electrons. The van der Waals surface area contributed by atoms with Crippen LogP contribution in [0.1, 0.15) is 60.9 Å². The third-order valence-corrected chi connectivity index (χ3v) is 8.79. The van der Waals surface area contributed by atoms with E-state index in [9.17, 15) is 9.90 Å². The summed E-state index contributed by atoms with van der Waals surface area (Å²) in [6.45, 7) is 7.31. The minimum absolute atomic E-state index is 0.124. The Morgan fingerprint density at radius 1 is 0.788 bits per heavy atom. The van der Waals surface area contributed by atoms with Crippen molar-refractivity contribution in [3.05, 3.63) is 95.6 Å². The molecule has 52 heavy (non-hydrogen) atoms. The molecule has 0 aromatic heterocycles. The predicted molar refractivity (Wildman–Crippen MR) is 210 cm³/mol. The highest BCUT2D eigenvalue weighted by Gasteiger charge is 2.21. The summed E-state index contributed by atoms with van der Waals surface area (Å²) in [5, 5.41) is 26.0. The first-order chi connectivity index (χ1) is 25.6. The Labute approximate surface area is 306 Å². The maximum Gasteiger partial charge on any atom is 0.251 e. The second-order valence-corrected chi connectivity index (χ2v) is 12.8. The second kappa shape index (κ2) is 21.2. The van der Waals surface area contributed by atoms with Crippen molar-refractivity contribution < 1.29 is 19.4 Å². The molecule has 0 atom stereocenters. The number of allylic oxidation sites excluding steroid dienone is 1. The maximum absolute atomic E-state index is 12.1. The lowest BCUT2D eigenvalue weighted by Gasteiger charge is -2.23. The van der Waals surface area contributed by atoms with Gasteiger partial charge in [0.15, 0.2) is 0 Å². The molecule has 1 amide bonds. The number of carbonyl (C=O) groups excluding carboxylic acids is 1. The molecule has 6 N–H and O–H groups in total. The fourth-order valence-electron chi connectivity index (χ4n) is 5.84. The quantitative estimate of drug-likeness (QED) is 0.0407. The molecule has 0 radical (unpaired) electrons. The summed E-state index contributed by atoms with van der Waals surface area (Å²) in [6, 6.07) is 24.3. The molecular formula is C40H52N8O4.